The summed E-state index contributed by atoms with van der Waals surface area (Å²) >= 11 is 1.55. The molecule has 0 unspecified atom stereocenters. The monoisotopic (exact) mass is 297 g/mol. The number of nitrogens with one attached hydrogen (secondary N) is 2. The van der Waals surface area contributed by atoms with Gasteiger partial charge in [-0.25, -0.2) is 5.43 Å². The third-order valence-electron chi connectivity index (χ3n) is 3.30. The average molecular weight is 297 g/mol. The van der Waals surface area contributed by atoms with Crippen LogP contribution in [0.5, 0.6) is 0 Å². The van der Waals surface area contributed by atoms with Crippen LogP contribution in [0.3, 0.4) is 0 Å². The summed E-state index contributed by atoms with van der Waals surface area (Å²) in [6, 6.07) is 9.88. The maximum absolute atomic E-state index is 11.9. The Hall–Kier alpha value is -2.40. The molecular weight excluding hydrogens is 282 g/mol. The van der Waals surface area contributed by atoms with Crippen molar-refractivity contribution in [2.24, 2.45) is 5.10 Å². The molecule has 0 atom stereocenters. The summed E-state index contributed by atoms with van der Waals surface area (Å²) in [4.78, 5) is 16.3. The molecule has 1 aromatic carbocycles. The van der Waals surface area contributed by atoms with E-state index in [2.05, 4.69) is 15.5 Å². The number of carbonyl (C=O) groups excluding carboxylic acids is 1. The van der Waals surface area contributed by atoms with E-state index in [4.69, 9.17) is 0 Å². The predicted octanol–water partition coefficient (Wildman–Crippen LogP) is 3.61. The van der Waals surface area contributed by atoms with Gasteiger partial charge in [0, 0.05) is 32.4 Å². The van der Waals surface area contributed by atoms with E-state index in [9.17, 15) is 4.79 Å². The van der Waals surface area contributed by atoms with Gasteiger partial charge in [-0.05, 0) is 26.0 Å². The first kappa shape index (κ1) is 13.6. The molecule has 0 saturated heterocycles. The van der Waals surface area contributed by atoms with Gasteiger partial charge in [-0.3, -0.25) is 4.79 Å². The number of carbonyl (C=O) groups is 1. The molecule has 2 N–H and O–H groups in total. The van der Waals surface area contributed by atoms with Crippen LogP contribution in [-0.4, -0.2) is 17.1 Å². The summed E-state index contributed by atoms with van der Waals surface area (Å²) in [5.74, 6) is -0.187. The second kappa shape index (κ2) is 5.54. The smallest absolute Gasteiger partial charge is 0.272 e. The highest BCUT2D eigenvalue weighted by Gasteiger charge is 2.07. The first-order valence-electron chi connectivity index (χ1n) is 6.61. The van der Waals surface area contributed by atoms with Crippen LogP contribution >= 0.6 is 11.3 Å². The quantitative estimate of drug-likeness (QED) is 0.563. The minimum Gasteiger partial charge on any atom is -0.358 e. The van der Waals surface area contributed by atoms with Gasteiger partial charge in [0.05, 0.1) is 11.8 Å². The summed E-state index contributed by atoms with van der Waals surface area (Å²) in [6.45, 7) is 3.96. The molecule has 3 rings (SSSR count). The standard InChI is InChI=1S/C16H15N3OS/c1-10-7-12(9-21-10)16(20)19-17-8-14-11(2)18-15-6-4-3-5-13(14)15/h3-9,18H,1-2H3,(H,19,20)/b17-8-. The second-order valence-corrected chi connectivity index (χ2v) is 5.97. The van der Waals surface area contributed by atoms with Crippen molar-refractivity contribution >= 4 is 34.4 Å². The molecule has 106 valence electrons. The number of hydrogen-bond donors (Lipinski definition) is 2. The van der Waals surface area contributed by atoms with Gasteiger partial charge in [0.1, 0.15) is 0 Å². The van der Waals surface area contributed by atoms with E-state index in [-0.39, 0.29) is 5.91 Å². The second-order valence-electron chi connectivity index (χ2n) is 4.85. The van der Waals surface area contributed by atoms with E-state index in [0.717, 1.165) is 27.0 Å². The minimum absolute atomic E-state index is 0.187. The molecule has 21 heavy (non-hydrogen) atoms. The molecule has 0 aliphatic rings. The van der Waals surface area contributed by atoms with Crippen molar-refractivity contribution in [1.29, 1.82) is 0 Å². The van der Waals surface area contributed by atoms with E-state index >= 15 is 0 Å². The van der Waals surface area contributed by atoms with E-state index < -0.39 is 0 Å². The number of H-pyrrole nitrogens is 1. The summed E-state index contributed by atoms with van der Waals surface area (Å²) in [7, 11) is 0. The number of aryl methyl sites for hydroxylation is 2. The first-order chi connectivity index (χ1) is 10.1. The fourth-order valence-corrected chi connectivity index (χ4v) is 2.93. The van der Waals surface area contributed by atoms with Crippen LogP contribution in [0.2, 0.25) is 0 Å². The summed E-state index contributed by atoms with van der Waals surface area (Å²) in [5, 5.41) is 7.00. The Labute approximate surface area is 126 Å². The fourth-order valence-electron chi connectivity index (χ4n) is 2.25. The third-order valence-corrected chi connectivity index (χ3v) is 4.16. The van der Waals surface area contributed by atoms with Crippen LogP contribution in [-0.2, 0) is 0 Å². The molecule has 0 spiro atoms. The largest absolute Gasteiger partial charge is 0.358 e. The Morgan fingerprint density at radius 1 is 1.33 bits per heavy atom. The molecular formula is C16H15N3OS. The highest BCUT2D eigenvalue weighted by atomic mass is 32.1. The number of aromatic nitrogens is 1. The number of aromatic amines is 1. The number of amides is 1. The third kappa shape index (κ3) is 2.73. The summed E-state index contributed by atoms with van der Waals surface area (Å²) < 4.78 is 0. The van der Waals surface area contributed by atoms with Crippen LogP contribution < -0.4 is 5.43 Å². The van der Waals surface area contributed by atoms with E-state index in [1.54, 1.807) is 17.6 Å². The van der Waals surface area contributed by atoms with Crippen molar-refractivity contribution in [3.8, 4) is 0 Å². The molecule has 4 nitrogen and oxygen atoms in total. The maximum atomic E-state index is 11.9. The van der Waals surface area contributed by atoms with Crippen LogP contribution in [0, 0.1) is 13.8 Å². The molecule has 3 aromatic rings. The number of hydrogen-bond acceptors (Lipinski definition) is 3. The molecule has 0 aliphatic heterocycles. The minimum atomic E-state index is -0.187. The Kier molecular flexibility index (Phi) is 3.58. The Morgan fingerprint density at radius 3 is 2.90 bits per heavy atom. The topological polar surface area (TPSA) is 57.2 Å². The van der Waals surface area contributed by atoms with Gasteiger partial charge in [0.15, 0.2) is 0 Å². The van der Waals surface area contributed by atoms with Crippen LogP contribution in [0.25, 0.3) is 10.9 Å². The molecule has 0 saturated carbocycles. The molecule has 0 fully saturated rings. The Bertz CT molecular complexity index is 829. The molecule has 2 aromatic heterocycles. The molecule has 0 radical (unpaired) electrons. The van der Waals surface area contributed by atoms with Crippen LogP contribution in [0.4, 0.5) is 0 Å². The van der Waals surface area contributed by atoms with Gasteiger partial charge in [0.25, 0.3) is 5.91 Å². The SMILES string of the molecule is Cc1cc(C(=O)N/N=C\c2c(C)[nH]c3ccccc23)cs1. The van der Waals surface area contributed by atoms with Crippen molar-refractivity contribution in [3.05, 3.63) is 57.4 Å². The zero-order valence-corrected chi connectivity index (χ0v) is 12.6. The van der Waals surface area contributed by atoms with Crippen molar-refractivity contribution in [2.75, 3.05) is 0 Å². The normalized spacial score (nSPS) is 11.3. The van der Waals surface area contributed by atoms with Crippen molar-refractivity contribution < 1.29 is 4.79 Å². The first-order valence-corrected chi connectivity index (χ1v) is 7.49. The Balaban J connectivity index is 1.79. The van der Waals surface area contributed by atoms with Crippen molar-refractivity contribution in [3.63, 3.8) is 0 Å². The number of nitrogens with zero attached hydrogens (tertiary/aromatic N) is 1. The zero-order chi connectivity index (χ0) is 14.8. The molecule has 0 aliphatic carbocycles. The van der Waals surface area contributed by atoms with Gasteiger partial charge in [-0.2, -0.15) is 5.10 Å². The lowest BCUT2D eigenvalue weighted by Gasteiger charge is -1.96. The number of thiophene rings is 1. The zero-order valence-electron chi connectivity index (χ0n) is 11.8. The van der Waals surface area contributed by atoms with Gasteiger partial charge in [-0.15, -0.1) is 11.3 Å². The number of para-hydroxylation sites is 1. The highest BCUT2D eigenvalue weighted by molar-refractivity contribution is 7.10. The number of benzene rings is 1. The number of rotatable bonds is 3. The number of fused-ring (bicyclic) bond motifs is 1. The lowest BCUT2D eigenvalue weighted by molar-refractivity contribution is 0.0955. The van der Waals surface area contributed by atoms with Gasteiger partial charge in [0.2, 0.25) is 0 Å². The lowest BCUT2D eigenvalue weighted by Crippen LogP contribution is -2.16. The lowest BCUT2D eigenvalue weighted by atomic mass is 10.1. The van der Waals surface area contributed by atoms with E-state index in [1.807, 2.05) is 49.6 Å². The van der Waals surface area contributed by atoms with Gasteiger partial charge in [-0.1, -0.05) is 18.2 Å². The summed E-state index contributed by atoms with van der Waals surface area (Å²) in [6.07, 6.45) is 1.69. The molecule has 2 heterocycles. The Morgan fingerprint density at radius 2 is 2.14 bits per heavy atom. The predicted molar refractivity (Wildman–Crippen MR) is 87.2 cm³/mol. The van der Waals surface area contributed by atoms with Crippen molar-refractivity contribution in [2.45, 2.75) is 13.8 Å². The number of hydrazone groups is 1. The van der Waals surface area contributed by atoms with Crippen molar-refractivity contribution in [1.82, 2.24) is 10.4 Å². The van der Waals surface area contributed by atoms with Gasteiger partial charge < -0.3 is 4.98 Å². The fraction of sp³-hybridized carbons (Fsp3) is 0.125. The highest BCUT2D eigenvalue weighted by Crippen LogP contribution is 2.19. The van der Waals surface area contributed by atoms with E-state index in [1.165, 1.54) is 0 Å². The maximum Gasteiger partial charge on any atom is 0.272 e. The average Bonchev–Trinajstić information content (AvgIpc) is 3.03. The van der Waals surface area contributed by atoms with Gasteiger partial charge >= 0.3 is 0 Å². The molecule has 0 bridgehead atoms. The molecule has 1 amide bonds. The van der Waals surface area contributed by atoms with E-state index in [0.29, 0.717) is 5.56 Å². The van der Waals surface area contributed by atoms with Crippen LogP contribution in [0.1, 0.15) is 26.5 Å². The van der Waals surface area contributed by atoms with Crippen LogP contribution in [0.15, 0.2) is 40.8 Å². The summed E-state index contributed by atoms with van der Waals surface area (Å²) in [5.41, 5.74) is 6.30. The molecule has 5 heteroatoms.